The molecule has 0 bridgehead atoms. The molecule has 5 heteroatoms. The van der Waals surface area contributed by atoms with Gasteiger partial charge in [0.25, 0.3) is 11.8 Å². The number of nitrogens with zero attached hydrogens (tertiary/aromatic N) is 2. The van der Waals surface area contributed by atoms with Crippen LogP contribution in [0, 0.1) is 13.8 Å². The molecule has 0 fully saturated rings. The molecule has 1 aromatic carbocycles. The fourth-order valence-corrected chi connectivity index (χ4v) is 1.23. The van der Waals surface area contributed by atoms with Gasteiger partial charge in [0.1, 0.15) is 0 Å². The lowest BCUT2D eigenvalue weighted by Crippen LogP contribution is -1.86. The lowest BCUT2D eigenvalue weighted by Gasteiger charge is -2.00. The number of aromatic nitrogens is 2. The minimum atomic E-state index is 0. The Morgan fingerprint density at radius 1 is 1.20 bits per heavy atom. The van der Waals surface area contributed by atoms with Gasteiger partial charge >= 0.3 is 0 Å². The number of aryl methyl sites for hydroxylation is 2. The highest BCUT2D eigenvalue weighted by Crippen LogP contribution is 2.20. The Labute approximate surface area is 93.9 Å². The van der Waals surface area contributed by atoms with E-state index in [4.69, 9.17) is 10.3 Å². The predicted molar refractivity (Wildman–Crippen MR) is 60.9 cm³/mol. The highest BCUT2D eigenvalue weighted by atomic mass is 35.5. The van der Waals surface area contributed by atoms with E-state index in [0.29, 0.717) is 5.89 Å². The van der Waals surface area contributed by atoms with E-state index in [-0.39, 0.29) is 18.4 Å². The first-order chi connectivity index (χ1) is 6.66. The minimum absolute atomic E-state index is 0. The number of benzene rings is 1. The number of nitrogens with two attached hydrogens (primary N) is 1. The van der Waals surface area contributed by atoms with Gasteiger partial charge < -0.3 is 10.3 Å². The smallest absolute Gasteiger partial charge is 0.261 e. The molecule has 0 aliphatic rings. The monoisotopic (exact) mass is 225 g/mol. The van der Waals surface area contributed by atoms with Crippen LogP contribution in [-0.4, -0.2) is 10.1 Å². The van der Waals surface area contributed by atoms with Crippen LogP contribution >= 0.6 is 12.4 Å². The van der Waals surface area contributed by atoms with Gasteiger partial charge in [-0.15, -0.1) is 12.4 Å². The normalized spacial score (nSPS) is 9.73. The molecule has 0 saturated carbocycles. The molecule has 2 aromatic rings. The molecule has 80 valence electrons. The molecule has 0 atom stereocenters. The minimum Gasteiger partial charge on any atom is -0.365 e. The SMILES string of the molecule is Cc1ccc(-c2nc(N)no2)cc1C.Cl. The Morgan fingerprint density at radius 2 is 1.93 bits per heavy atom. The van der Waals surface area contributed by atoms with E-state index < -0.39 is 0 Å². The molecule has 0 aliphatic carbocycles. The van der Waals surface area contributed by atoms with Gasteiger partial charge in [-0.25, -0.2) is 0 Å². The molecule has 0 aliphatic heterocycles. The quantitative estimate of drug-likeness (QED) is 0.809. The maximum atomic E-state index is 5.37. The average molecular weight is 226 g/mol. The van der Waals surface area contributed by atoms with E-state index in [2.05, 4.69) is 17.1 Å². The number of anilines is 1. The molecule has 1 aromatic heterocycles. The van der Waals surface area contributed by atoms with E-state index in [0.717, 1.165) is 5.56 Å². The summed E-state index contributed by atoms with van der Waals surface area (Å²) < 4.78 is 4.96. The second kappa shape index (κ2) is 4.31. The molecule has 0 saturated heterocycles. The number of halogens is 1. The third-order valence-electron chi connectivity index (χ3n) is 2.20. The van der Waals surface area contributed by atoms with Crippen molar-refractivity contribution in [1.82, 2.24) is 10.1 Å². The zero-order valence-electron chi connectivity index (χ0n) is 8.52. The number of hydrogen-bond donors (Lipinski definition) is 1. The molecule has 0 amide bonds. The Morgan fingerprint density at radius 3 is 2.47 bits per heavy atom. The Kier molecular flexibility index (Phi) is 3.31. The van der Waals surface area contributed by atoms with Gasteiger partial charge in [-0.1, -0.05) is 6.07 Å². The molecule has 0 radical (unpaired) electrons. The van der Waals surface area contributed by atoms with Gasteiger partial charge in [0.05, 0.1) is 0 Å². The number of nitrogen functional groups attached to an aromatic ring is 1. The highest BCUT2D eigenvalue weighted by Gasteiger charge is 2.06. The maximum absolute atomic E-state index is 5.37. The largest absolute Gasteiger partial charge is 0.365 e. The summed E-state index contributed by atoms with van der Waals surface area (Å²) in [5.74, 6) is 0.629. The summed E-state index contributed by atoms with van der Waals surface area (Å²) in [6.07, 6.45) is 0. The maximum Gasteiger partial charge on any atom is 0.261 e. The molecular weight excluding hydrogens is 214 g/mol. The second-order valence-electron chi connectivity index (χ2n) is 3.26. The first-order valence-corrected chi connectivity index (χ1v) is 4.33. The second-order valence-corrected chi connectivity index (χ2v) is 3.26. The lowest BCUT2D eigenvalue weighted by atomic mass is 10.1. The van der Waals surface area contributed by atoms with E-state index in [1.807, 2.05) is 25.1 Å². The molecule has 0 spiro atoms. The zero-order chi connectivity index (χ0) is 10.1. The van der Waals surface area contributed by atoms with Crippen molar-refractivity contribution in [2.75, 3.05) is 5.73 Å². The molecule has 15 heavy (non-hydrogen) atoms. The summed E-state index contributed by atoms with van der Waals surface area (Å²) in [6, 6.07) is 5.96. The third-order valence-corrected chi connectivity index (χ3v) is 2.20. The van der Waals surface area contributed by atoms with Crippen LogP contribution in [0.5, 0.6) is 0 Å². The van der Waals surface area contributed by atoms with Crippen LogP contribution in [0.4, 0.5) is 5.95 Å². The van der Waals surface area contributed by atoms with Gasteiger partial charge in [-0.2, -0.15) is 4.98 Å². The van der Waals surface area contributed by atoms with Crippen LogP contribution < -0.4 is 5.73 Å². The van der Waals surface area contributed by atoms with Crippen molar-refractivity contribution in [3.05, 3.63) is 29.3 Å². The molecule has 1 heterocycles. The van der Waals surface area contributed by atoms with Gasteiger partial charge in [-0.05, 0) is 42.3 Å². The van der Waals surface area contributed by atoms with Crippen molar-refractivity contribution in [1.29, 1.82) is 0 Å². The molecule has 2 rings (SSSR count). The third kappa shape index (κ3) is 2.27. The van der Waals surface area contributed by atoms with Crippen LogP contribution in [0.25, 0.3) is 11.5 Å². The molecule has 4 nitrogen and oxygen atoms in total. The number of hydrogen-bond acceptors (Lipinski definition) is 4. The molecular formula is C10H12ClN3O. The number of rotatable bonds is 1. The summed E-state index contributed by atoms with van der Waals surface area (Å²) in [5, 5.41) is 3.54. The van der Waals surface area contributed by atoms with Crippen LogP contribution in [-0.2, 0) is 0 Å². The standard InChI is InChI=1S/C10H11N3O.ClH/c1-6-3-4-8(5-7(6)2)9-12-10(11)13-14-9;/h3-5H,1-2H3,(H2,11,13);1H. The highest BCUT2D eigenvalue weighted by molar-refractivity contribution is 5.85. The summed E-state index contributed by atoms with van der Waals surface area (Å²) in [4.78, 5) is 3.95. The summed E-state index contributed by atoms with van der Waals surface area (Å²) >= 11 is 0. The first kappa shape index (κ1) is 11.5. The van der Waals surface area contributed by atoms with Crippen molar-refractivity contribution in [3.63, 3.8) is 0 Å². The van der Waals surface area contributed by atoms with E-state index >= 15 is 0 Å². The van der Waals surface area contributed by atoms with Gasteiger partial charge in [0.15, 0.2) is 0 Å². The van der Waals surface area contributed by atoms with Crippen molar-refractivity contribution in [2.45, 2.75) is 13.8 Å². The van der Waals surface area contributed by atoms with Gasteiger partial charge in [0.2, 0.25) is 0 Å². The summed E-state index contributed by atoms with van der Waals surface area (Å²) in [5.41, 5.74) is 8.70. The van der Waals surface area contributed by atoms with E-state index in [1.54, 1.807) is 0 Å². The average Bonchev–Trinajstić information content (AvgIpc) is 2.57. The van der Waals surface area contributed by atoms with Gasteiger partial charge in [0, 0.05) is 5.56 Å². The van der Waals surface area contributed by atoms with Crippen LogP contribution in [0.3, 0.4) is 0 Å². The van der Waals surface area contributed by atoms with Crippen molar-refractivity contribution in [3.8, 4) is 11.5 Å². The van der Waals surface area contributed by atoms with Gasteiger partial charge in [-0.3, -0.25) is 0 Å². The fourth-order valence-electron chi connectivity index (χ4n) is 1.23. The van der Waals surface area contributed by atoms with Crippen LogP contribution in [0.2, 0.25) is 0 Å². The summed E-state index contributed by atoms with van der Waals surface area (Å²) in [7, 11) is 0. The summed E-state index contributed by atoms with van der Waals surface area (Å²) in [6.45, 7) is 4.10. The predicted octanol–water partition coefficient (Wildman–Crippen LogP) is 2.36. The fraction of sp³-hybridized carbons (Fsp3) is 0.200. The van der Waals surface area contributed by atoms with E-state index in [1.165, 1.54) is 11.1 Å². The first-order valence-electron chi connectivity index (χ1n) is 4.33. The zero-order valence-corrected chi connectivity index (χ0v) is 9.34. The van der Waals surface area contributed by atoms with E-state index in [9.17, 15) is 0 Å². The Balaban J connectivity index is 0.00000112. The lowest BCUT2D eigenvalue weighted by molar-refractivity contribution is 0.433. The van der Waals surface area contributed by atoms with Crippen molar-refractivity contribution in [2.24, 2.45) is 0 Å². The van der Waals surface area contributed by atoms with Crippen molar-refractivity contribution < 1.29 is 4.52 Å². The molecule has 0 unspecified atom stereocenters. The Bertz CT molecular complexity index is 467. The topological polar surface area (TPSA) is 64.9 Å². The molecule has 2 N–H and O–H groups in total. The van der Waals surface area contributed by atoms with Crippen molar-refractivity contribution >= 4 is 18.4 Å². The van der Waals surface area contributed by atoms with Crippen LogP contribution in [0.15, 0.2) is 22.7 Å². The van der Waals surface area contributed by atoms with Crippen LogP contribution in [0.1, 0.15) is 11.1 Å². The Hall–Kier alpha value is -1.55.